The van der Waals surface area contributed by atoms with Gasteiger partial charge in [0.15, 0.2) is 0 Å². The molecule has 5 heteroatoms. The van der Waals surface area contributed by atoms with Crippen LogP contribution in [0.15, 0.2) is 0 Å². The fourth-order valence-corrected chi connectivity index (χ4v) is 3.24. The monoisotopic (exact) mass is 273 g/mol. The van der Waals surface area contributed by atoms with Crippen LogP contribution in [0.5, 0.6) is 0 Å². The van der Waals surface area contributed by atoms with E-state index in [1.54, 1.807) is 0 Å². The van der Waals surface area contributed by atoms with Gasteiger partial charge in [0.2, 0.25) is 5.91 Å². The maximum absolute atomic E-state index is 12.5. The lowest BCUT2D eigenvalue weighted by atomic mass is 10.1. The van der Waals surface area contributed by atoms with Gasteiger partial charge < -0.3 is 10.2 Å². The average molecular weight is 273 g/mol. The van der Waals surface area contributed by atoms with Crippen molar-refractivity contribution in [3.63, 3.8) is 0 Å². The van der Waals surface area contributed by atoms with Gasteiger partial charge in [-0.1, -0.05) is 6.92 Å². The first-order chi connectivity index (χ1) is 8.61. The minimum atomic E-state index is 0.00741. The fourth-order valence-electron chi connectivity index (χ4n) is 2.40. The molecule has 1 amide bonds. The van der Waals surface area contributed by atoms with Crippen LogP contribution in [0.3, 0.4) is 0 Å². The van der Waals surface area contributed by atoms with Crippen LogP contribution in [0.25, 0.3) is 0 Å². The average Bonchev–Trinajstić information content (AvgIpc) is 2.43. The number of carbonyl (C=O) groups is 1. The summed E-state index contributed by atoms with van der Waals surface area (Å²) >= 11 is 1.81. The van der Waals surface area contributed by atoms with Gasteiger partial charge in [-0.15, -0.1) is 0 Å². The molecule has 2 unspecified atom stereocenters. The zero-order valence-electron chi connectivity index (χ0n) is 12.1. The molecular formula is C13H27N3OS. The van der Waals surface area contributed by atoms with Crippen molar-refractivity contribution >= 4 is 17.7 Å². The standard InChI is InChI=1S/C13H27N3OS/c1-5-12(10-18-4)15(3)13(17)11(2)16-8-6-14-7-9-16/h11-12,14H,5-10H2,1-4H3. The van der Waals surface area contributed by atoms with Crippen LogP contribution in [0, 0.1) is 0 Å². The predicted molar refractivity (Wildman–Crippen MR) is 79.1 cm³/mol. The zero-order chi connectivity index (χ0) is 13.5. The SMILES string of the molecule is CCC(CSC)N(C)C(=O)C(C)N1CCNCC1. The number of amides is 1. The molecule has 1 heterocycles. The van der Waals surface area contributed by atoms with E-state index in [0.29, 0.717) is 6.04 Å². The van der Waals surface area contributed by atoms with Crippen molar-refractivity contribution in [3.8, 4) is 0 Å². The van der Waals surface area contributed by atoms with Crippen LogP contribution in [0.1, 0.15) is 20.3 Å². The van der Waals surface area contributed by atoms with Gasteiger partial charge in [-0.05, 0) is 19.6 Å². The number of thioether (sulfide) groups is 1. The van der Waals surface area contributed by atoms with E-state index in [9.17, 15) is 4.79 Å². The summed E-state index contributed by atoms with van der Waals surface area (Å²) in [6, 6.07) is 0.367. The first-order valence-electron chi connectivity index (χ1n) is 6.82. The first kappa shape index (κ1) is 15.8. The first-order valence-corrected chi connectivity index (χ1v) is 8.21. The third-order valence-corrected chi connectivity index (χ3v) is 4.50. The summed E-state index contributed by atoms with van der Waals surface area (Å²) in [7, 11) is 1.95. The molecule has 0 saturated carbocycles. The van der Waals surface area contributed by atoms with Crippen molar-refractivity contribution in [1.29, 1.82) is 0 Å². The van der Waals surface area contributed by atoms with E-state index in [1.807, 2.05) is 30.6 Å². The number of carbonyl (C=O) groups excluding carboxylic acids is 1. The Labute approximate surface area is 115 Å². The Kier molecular flexibility index (Phi) is 7.04. The number of hydrogen-bond donors (Lipinski definition) is 1. The second-order valence-corrected chi connectivity index (χ2v) is 5.84. The van der Waals surface area contributed by atoms with Crippen molar-refractivity contribution < 1.29 is 4.79 Å². The molecule has 106 valence electrons. The Morgan fingerprint density at radius 1 is 1.44 bits per heavy atom. The smallest absolute Gasteiger partial charge is 0.239 e. The van der Waals surface area contributed by atoms with Crippen LogP contribution >= 0.6 is 11.8 Å². The maximum Gasteiger partial charge on any atom is 0.239 e. The lowest BCUT2D eigenvalue weighted by molar-refractivity contribution is -0.137. The third kappa shape index (κ3) is 4.14. The maximum atomic E-state index is 12.5. The van der Waals surface area contributed by atoms with Crippen molar-refractivity contribution in [3.05, 3.63) is 0 Å². The molecule has 4 nitrogen and oxygen atoms in total. The molecule has 0 aliphatic carbocycles. The van der Waals surface area contributed by atoms with E-state index in [2.05, 4.69) is 23.4 Å². The quantitative estimate of drug-likeness (QED) is 0.779. The van der Waals surface area contributed by atoms with Gasteiger partial charge in [0, 0.05) is 45.0 Å². The van der Waals surface area contributed by atoms with Gasteiger partial charge in [-0.2, -0.15) is 11.8 Å². The van der Waals surface area contributed by atoms with E-state index in [0.717, 1.165) is 38.4 Å². The van der Waals surface area contributed by atoms with Gasteiger partial charge in [0.1, 0.15) is 0 Å². The number of likely N-dealkylation sites (N-methyl/N-ethyl adjacent to an activating group) is 1. The highest BCUT2D eigenvalue weighted by Crippen LogP contribution is 2.12. The summed E-state index contributed by atoms with van der Waals surface area (Å²) in [6.45, 7) is 8.11. The number of hydrogen-bond acceptors (Lipinski definition) is 4. The highest BCUT2D eigenvalue weighted by atomic mass is 32.2. The van der Waals surface area contributed by atoms with Crippen molar-refractivity contribution in [2.75, 3.05) is 45.2 Å². The van der Waals surface area contributed by atoms with Crippen LogP contribution in [-0.2, 0) is 4.79 Å². The molecule has 18 heavy (non-hydrogen) atoms. The largest absolute Gasteiger partial charge is 0.341 e. The second kappa shape index (κ2) is 8.02. The summed E-state index contributed by atoms with van der Waals surface area (Å²) in [5.74, 6) is 1.28. The Balaban J connectivity index is 2.55. The van der Waals surface area contributed by atoms with Crippen LogP contribution in [-0.4, -0.2) is 73.0 Å². The molecule has 0 spiro atoms. The molecule has 1 aliphatic heterocycles. The van der Waals surface area contributed by atoms with E-state index in [4.69, 9.17) is 0 Å². The summed E-state index contributed by atoms with van der Waals surface area (Å²) < 4.78 is 0. The van der Waals surface area contributed by atoms with Gasteiger partial charge in [0.05, 0.1) is 6.04 Å². The fraction of sp³-hybridized carbons (Fsp3) is 0.923. The summed E-state index contributed by atoms with van der Waals surface area (Å²) in [5, 5.41) is 3.32. The van der Waals surface area contributed by atoms with Gasteiger partial charge >= 0.3 is 0 Å². The number of nitrogens with zero attached hydrogens (tertiary/aromatic N) is 2. The molecule has 0 aromatic carbocycles. The van der Waals surface area contributed by atoms with Crippen LogP contribution < -0.4 is 5.32 Å². The molecular weight excluding hydrogens is 246 g/mol. The number of rotatable bonds is 6. The Morgan fingerprint density at radius 3 is 2.56 bits per heavy atom. The molecule has 0 radical (unpaired) electrons. The lowest BCUT2D eigenvalue weighted by Gasteiger charge is -2.36. The zero-order valence-corrected chi connectivity index (χ0v) is 12.9. The molecule has 0 aromatic rings. The minimum absolute atomic E-state index is 0.00741. The molecule has 1 rings (SSSR count). The minimum Gasteiger partial charge on any atom is -0.341 e. The molecule has 2 atom stereocenters. The Bertz CT molecular complexity index is 244. The number of piperazine rings is 1. The van der Waals surface area contributed by atoms with Gasteiger partial charge in [-0.25, -0.2) is 0 Å². The number of nitrogens with one attached hydrogen (secondary N) is 1. The second-order valence-electron chi connectivity index (χ2n) is 4.93. The van der Waals surface area contributed by atoms with Crippen molar-refractivity contribution in [2.24, 2.45) is 0 Å². The molecule has 1 fully saturated rings. The summed E-state index contributed by atoms with van der Waals surface area (Å²) in [6.07, 6.45) is 3.12. The topological polar surface area (TPSA) is 35.6 Å². The highest BCUT2D eigenvalue weighted by molar-refractivity contribution is 7.98. The van der Waals surface area contributed by atoms with E-state index >= 15 is 0 Å². The van der Waals surface area contributed by atoms with Crippen molar-refractivity contribution in [1.82, 2.24) is 15.1 Å². The lowest BCUT2D eigenvalue weighted by Crippen LogP contribution is -2.54. The van der Waals surface area contributed by atoms with Gasteiger partial charge in [-0.3, -0.25) is 9.69 Å². The summed E-state index contributed by atoms with van der Waals surface area (Å²) in [5.41, 5.74) is 0. The summed E-state index contributed by atoms with van der Waals surface area (Å²) in [4.78, 5) is 16.7. The Morgan fingerprint density at radius 2 is 2.06 bits per heavy atom. The van der Waals surface area contributed by atoms with E-state index in [1.165, 1.54) is 0 Å². The highest BCUT2D eigenvalue weighted by Gasteiger charge is 2.27. The molecule has 1 saturated heterocycles. The third-order valence-electron chi connectivity index (χ3n) is 3.78. The Hall–Kier alpha value is -0.260. The molecule has 1 N–H and O–H groups in total. The van der Waals surface area contributed by atoms with E-state index < -0.39 is 0 Å². The van der Waals surface area contributed by atoms with Crippen LogP contribution in [0.2, 0.25) is 0 Å². The molecule has 0 aromatic heterocycles. The normalized spacial score (nSPS) is 20.4. The predicted octanol–water partition coefficient (Wildman–Crippen LogP) is 0.880. The van der Waals surface area contributed by atoms with Gasteiger partial charge in [0.25, 0.3) is 0 Å². The van der Waals surface area contributed by atoms with E-state index in [-0.39, 0.29) is 11.9 Å². The molecule has 1 aliphatic rings. The molecule has 0 bridgehead atoms. The van der Waals surface area contributed by atoms with Crippen LogP contribution in [0.4, 0.5) is 0 Å². The van der Waals surface area contributed by atoms with Crippen molar-refractivity contribution in [2.45, 2.75) is 32.4 Å².